The molecule has 1 amide bonds. The maximum atomic E-state index is 12.1. The number of carbonyl (C=O) groups is 1. The highest BCUT2D eigenvalue weighted by molar-refractivity contribution is 5.76. The number of benzene rings is 1. The summed E-state index contributed by atoms with van der Waals surface area (Å²) in [6.45, 7) is 6.05. The third-order valence-electron chi connectivity index (χ3n) is 6.44. The van der Waals surface area contributed by atoms with Gasteiger partial charge >= 0.3 is 0 Å². The van der Waals surface area contributed by atoms with Gasteiger partial charge in [-0.3, -0.25) is 9.69 Å². The van der Waals surface area contributed by atoms with Crippen LogP contribution in [0.4, 0.5) is 0 Å². The summed E-state index contributed by atoms with van der Waals surface area (Å²) in [7, 11) is 1.95. The Bertz CT molecular complexity index is 601. The number of rotatable bonds is 4. The van der Waals surface area contributed by atoms with Crippen molar-refractivity contribution in [3.8, 4) is 0 Å². The van der Waals surface area contributed by atoms with Gasteiger partial charge in [-0.1, -0.05) is 30.3 Å². The molecule has 0 radical (unpaired) electrons. The monoisotopic (exact) mass is 357 g/mol. The highest BCUT2D eigenvalue weighted by Crippen LogP contribution is 2.27. The zero-order valence-corrected chi connectivity index (χ0v) is 15.8. The van der Waals surface area contributed by atoms with Gasteiger partial charge in [-0.25, -0.2) is 0 Å². The normalized spacial score (nSPS) is 29.0. The van der Waals surface area contributed by atoms with Gasteiger partial charge in [0.25, 0.3) is 0 Å². The van der Waals surface area contributed by atoms with E-state index in [1.54, 1.807) is 0 Å². The molecule has 0 N–H and O–H groups in total. The van der Waals surface area contributed by atoms with Crippen molar-refractivity contribution >= 4 is 5.91 Å². The first-order chi connectivity index (χ1) is 12.7. The number of piperidine rings is 1. The Morgan fingerprint density at radius 3 is 2.65 bits per heavy atom. The Hall–Kier alpha value is -1.43. The van der Waals surface area contributed by atoms with Crippen molar-refractivity contribution in [2.75, 3.05) is 46.4 Å². The fourth-order valence-corrected chi connectivity index (χ4v) is 4.72. The minimum atomic E-state index is 0.197. The van der Waals surface area contributed by atoms with Crippen LogP contribution in [0.1, 0.15) is 24.8 Å². The van der Waals surface area contributed by atoms with Gasteiger partial charge in [0, 0.05) is 32.7 Å². The number of hydrogen-bond acceptors (Lipinski definition) is 4. The van der Waals surface area contributed by atoms with E-state index in [-0.39, 0.29) is 18.1 Å². The number of nitrogens with zero attached hydrogens (tertiary/aromatic N) is 3. The Balaban J connectivity index is 1.25. The molecule has 26 heavy (non-hydrogen) atoms. The maximum absolute atomic E-state index is 12.1. The van der Waals surface area contributed by atoms with E-state index in [4.69, 9.17) is 4.74 Å². The molecule has 142 valence electrons. The lowest BCUT2D eigenvalue weighted by molar-refractivity contribution is -0.131. The number of fused-ring (bicyclic) bond motifs is 1. The van der Waals surface area contributed by atoms with E-state index >= 15 is 0 Å². The molecule has 5 nitrogen and oxygen atoms in total. The van der Waals surface area contributed by atoms with Crippen LogP contribution in [0.15, 0.2) is 30.3 Å². The van der Waals surface area contributed by atoms with Crippen molar-refractivity contribution in [3.63, 3.8) is 0 Å². The molecule has 0 aliphatic carbocycles. The van der Waals surface area contributed by atoms with Gasteiger partial charge in [-0.2, -0.15) is 0 Å². The van der Waals surface area contributed by atoms with Crippen molar-refractivity contribution in [1.82, 2.24) is 14.7 Å². The van der Waals surface area contributed by atoms with E-state index in [1.807, 2.05) is 11.9 Å². The van der Waals surface area contributed by atoms with Gasteiger partial charge in [-0.05, 0) is 37.9 Å². The highest BCUT2D eigenvalue weighted by atomic mass is 16.5. The summed E-state index contributed by atoms with van der Waals surface area (Å²) >= 11 is 0. The van der Waals surface area contributed by atoms with Gasteiger partial charge in [0.1, 0.15) is 0 Å². The lowest BCUT2D eigenvalue weighted by Crippen LogP contribution is -2.46. The summed E-state index contributed by atoms with van der Waals surface area (Å²) in [4.78, 5) is 19.2. The Labute approximate surface area is 156 Å². The van der Waals surface area contributed by atoms with E-state index in [9.17, 15) is 4.79 Å². The fourth-order valence-electron chi connectivity index (χ4n) is 4.72. The standard InChI is InChI=1S/C21H31N3O2/c1-22-19-15-24(16-20(19)26-14-10-21(22)25)18-8-12-23(13-9-18)11-7-17-5-3-2-4-6-17/h2-6,18-20H,7-16H2,1H3/t19-,20-/m0/s1. The molecule has 0 saturated carbocycles. The predicted molar refractivity (Wildman–Crippen MR) is 102 cm³/mol. The molecule has 3 fully saturated rings. The van der Waals surface area contributed by atoms with Gasteiger partial charge in [0.05, 0.1) is 25.2 Å². The molecule has 3 saturated heterocycles. The summed E-state index contributed by atoms with van der Waals surface area (Å²) in [6.07, 6.45) is 4.32. The second-order valence-electron chi connectivity index (χ2n) is 7.99. The second-order valence-corrected chi connectivity index (χ2v) is 7.99. The van der Waals surface area contributed by atoms with E-state index in [2.05, 4.69) is 40.1 Å². The van der Waals surface area contributed by atoms with E-state index in [0.717, 1.165) is 26.1 Å². The molecular formula is C21H31N3O2. The summed E-state index contributed by atoms with van der Waals surface area (Å²) in [6, 6.07) is 11.7. The molecule has 3 aliphatic heterocycles. The molecule has 5 heteroatoms. The number of carbonyl (C=O) groups excluding carboxylic acids is 1. The molecule has 0 bridgehead atoms. The topological polar surface area (TPSA) is 36.0 Å². The van der Waals surface area contributed by atoms with Crippen LogP contribution in [0.2, 0.25) is 0 Å². The third kappa shape index (κ3) is 3.95. The predicted octanol–water partition coefficient (Wildman–Crippen LogP) is 1.63. The molecule has 0 spiro atoms. The number of ether oxygens (including phenoxy) is 1. The molecule has 1 aromatic rings. The van der Waals surface area contributed by atoms with E-state index in [1.165, 1.54) is 31.5 Å². The lowest BCUT2D eigenvalue weighted by atomic mass is 10.0. The van der Waals surface area contributed by atoms with Gasteiger partial charge < -0.3 is 14.5 Å². The van der Waals surface area contributed by atoms with Gasteiger partial charge in [-0.15, -0.1) is 0 Å². The summed E-state index contributed by atoms with van der Waals surface area (Å²) in [5.41, 5.74) is 1.43. The zero-order chi connectivity index (χ0) is 17.9. The van der Waals surface area contributed by atoms with Crippen LogP contribution in [-0.2, 0) is 16.0 Å². The number of hydrogen-bond donors (Lipinski definition) is 0. The van der Waals surface area contributed by atoms with Crippen LogP contribution < -0.4 is 0 Å². The maximum Gasteiger partial charge on any atom is 0.225 e. The fraction of sp³-hybridized carbons (Fsp3) is 0.667. The number of likely N-dealkylation sites (N-methyl/N-ethyl adjacent to an activating group) is 1. The highest BCUT2D eigenvalue weighted by Gasteiger charge is 2.42. The first-order valence-corrected chi connectivity index (χ1v) is 10.1. The number of amides is 1. The lowest BCUT2D eigenvalue weighted by Gasteiger charge is -2.37. The SMILES string of the molecule is CN1C(=O)CCO[C@H]2CN(C3CCN(CCc4ccccc4)CC3)C[C@@H]21. The average Bonchev–Trinajstić information content (AvgIpc) is 3.05. The molecule has 2 atom stereocenters. The Kier molecular flexibility index (Phi) is 5.57. The summed E-state index contributed by atoms with van der Waals surface area (Å²) in [5.74, 6) is 0.232. The van der Waals surface area contributed by atoms with Crippen LogP contribution in [0.25, 0.3) is 0 Å². The van der Waals surface area contributed by atoms with Gasteiger partial charge in [0.15, 0.2) is 0 Å². The second kappa shape index (κ2) is 8.07. The Morgan fingerprint density at radius 1 is 1.12 bits per heavy atom. The van der Waals surface area contributed by atoms with Crippen molar-refractivity contribution in [1.29, 1.82) is 0 Å². The smallest absolute Gasteiger partial charge is 0.225 e. The zero-order valence-electron chi connectivity index (χ0n) is 15.8. The summed E-state index contributed by atoms with van der Waals surface area (Å²) < 4.78 is 5.98. The molecule has 1 aromatic carbocycles. The molecule has 3 heterocycles. The molecule has 0 aromatic heterocycles. The molecule has 3 aliphatic rings. The average molecular weight is 357 g/mol. The van der Waals surface area contributed by atoms with Crippen molar-refractivity contribution in [3.05, 3.63) is 35.9 Å². The quantitative estimate of drug-likeness (QED) is 0.821. The molecule has 0 unspecified atom stereocenters. The summed E-state index contributed by atoms with van der Waals surface area (Å²) in [5, 5.41) is 0. The van der Waals surface area contributed by atoms with E-state index in [0.29, 0.717) is 19.1 Å². The number of likely N-dealkylation sites (tertiary alicyclic amines) is 2. The van der Waals surface area contributed by atoms with Crippen LogP contribution in [0.5, 0.6) is 0 Å². The van der Waals surface area contributed by atoms with Crippen LogP contribution in [-0.4, -0.2) is 85.2 Å². The molecule has 4 rings (SSSR count). The van der Waals surface area contributed by atoms with Crippen molar-refractivity contribution < 1.29 is 9.53 Å². The minimum Gasteiger partial charge on any atom is -0.374 e. The Morgan fingerprint density at radius 2 is 1.88 bits per heavy atom. The van der Waals surface area contributed by atoms with E-state index < -0.39 is 0 Å². The minimum absolute atomic E-state index is 0.197. The first kappa shape index (κ1) is 18.0. The van der Waals surface area contributed by atoms with Crippen molar-refractivity contribution in [2.45, 2.75) is 43.9 Å². The van der Waals surface area contributed by atoms with Crippen LogP contribution in [0.3, 0.4) is 0 Å². The first-order valence-electron chi connectivity index (χ1n) is 10.1. The van der Waals surface area contributed by atoms with Crippen LogP contribution in [0, 0.1) is 0 Å². The largest absolute Gasteiger partial charge is 0.374 e. The third-order valence-corrected chi connectivity index (χ3v) is 6.44. The van der Waals surface area contributed by atoms with Gasteiger partial charge in [0.2, 0.25) is 5.91 Å². The molecular weight excluding hydrogens is 326 g/mol. The van der Waals surface area contributed by atoms with Crippen molar-refractivity contribution in [2.24, 2.45) is 0 Å². The van der Waals surface area contributed by atoms with Crippen LogP contribution >= 0.6 is 0 Å².